The molecule has 1 amide bonds. The molecule has 1 aromatic carbocycles. The Morgan fingerprint density at radius 2 is 2.24 bits per heavy atom. The SMILES string of the molecule is Cc1cc(C(=O)NCc2ccccc2F)no1. The highest BCUT2D eigenvalue weighted by atomic mass is 19.1. The van der Waals surface area contributed by atoms with E-state index in [1.807, 2.05) is 0 Å². The van der Waals surface area contributed by atoms with E-state index < -0.39 is 0 Å². The van der Waals surface area contributed by atoms with Crippen molar-refractivity contribution in [2.24, 2.45) is 0 Å². The molecule has 0 atom stereocenters. The van der Waals surface area contributed by atoms with E-state index in [4.69, 9.17) is 4.52 Å². The smallest absolute Gasteiger partial charge is 0.273 e. The fourth-order valence-electron chi connectivity index (χ4n) is 1.38. The number of aryl methyl sites for hydroxylation is 1. The summed E-state index contributed by atoms with van der Waals surface area (Å²) in [6, 6.07) is 7.80. The van der Waals surface area contributed by atoms with E-state index in [9.17, 15) is 9.18 Å². The van der Waals surface area contributed by atoms with Gasteiger partial charge < -0.3 is 9.84 Å². The first-order valence-electron chi connectivity index (χ1n) is 5.12. The van der Waals surface area contributed by atoms with Crippen molar-refractivity contribution in [3.05, 3.63) is 53.2 Å². The summed E-state index contributed by atoms with van der Waals surface area (Å²) in [5.41, 5.74) is 0.625. The van der Waals surface area contributed by atoms with Gasteiger partial charge in [-0.05, 0) is 13.0 Å². The van der Waals surface area contributed by atoms with Crippen molar-refractivity contribution in [3.63, 3.8) is 0 Å². The number of nitrogens with one attached hydrogen (secondary N) is 1. The van der Waals surface area contributed by atoms with Gasteiger partial charge in [0, 0.05) is 18.2 Å². The zero-order valence-corrected chi connectivity index (χ0v) is 9.24. The fourth-order valence-corrected chi connectivity index (χ4v) is 1.38. The zero-order valence-electron chi connectivity index (χ0n) is 9.24. The lowest BCUT2D eigenvalue weighted by molar-refractivity contribution is 0.0941. The van der Waals surface area contributed by atoms with E-state index in [2.05, 4.69) is 10.5 Å². The Balaban J connectivity index is 1.99. The number of aromatic nitrogens is 1. The summed E-state index contributed by atoms with van der Waals surface area (Å²) in [5.74, 6) is -0.171. The zero-order chi connectivity index (χ0) is 12.3. The second-order valence-electron chi connectivity index (χ2n) is 3.60. The maximum Gasteiger partial charge on any atom is 0.273 e. The van der Waals surface area contributed by atoms with Crippen molar-refractivity contribution in [1.82, 2.24) is 10.5 Å². The van der Waals surface area contributed by atoms with Crippen molar-refractivity contribution in [2.45, 2.75) is 13.5 Å². The number of carbonyl (C=O) groups excluding carboxylic acids is 1. The third kappa shape index (κ3) is 2.69. The molecule has 1 heterocycles. The molecule has 0 aliphatic carbocycles. The summed E-state index contributed by atoms with van der Waals surface area (Å²) in [6.07, 6.45) is 0. The Bertz CT molecular complexity index is 537. The van der Waals surface area contributed by atoms with Gasteiger partial charge in [-0.3, -0.25) is 4.79 Å². The Labute approximate surface area is 97.4 Å². The second kappa shape index (κ2) is 4.78. The molecule has 0 aliphatic rings. The Kier molecular flexibility index (Phi) is 3.18. The summed E-state index contributed by atoms with van der Waals surface area (Å²) < 4.78 is 18.0. The number of benzene rings is 1. The van der Waals surface area contributed by atoms with Crippen LogP contribution in [0.2, 0.25) is 0 Å². The first-order chi connectivity index (χ1) is 8.16. The van der Waals surface area contributed by atoms with Gasteiger partial charge in [0.2, 0.25) is 0 Å². The van der Waals surface area contributed by atoms with Crippen LogP contribution < -0.4 is 5.32 Å². The Morgan fingerprint density at radius 3 is 2.88 bits per heavy atom. The van der Waals surface area contributed by atoms with E-state index in [0.29, 0.717) is 11.3 Å². The van der Waals surface area contributed by atoms with Crippen molar-refractivity contribution in [1.29, 1.82) is 0 Å². The van der Waals surface area contributed by atoms with Crippen molar-refractivity contribution < 1.29 is 13.7 Å². The van der Waals surface area contributed by atoms with Gasteiger partial charge in [-0.15, -0.1) is 0 Å². The van der Waals surface area contributed by atoms with E-state index in [1.165, 1.54) is 12.1 Å². The molecule has 0 spiro atoms. The van der Waals surface area contributed by atoms with E-state index >= 15 is 0 Å². The van der Waals surface area contributed by atoms with Crippen LogP contribution in [0.1, 0.15) is 21.8 Å². The Hall–Kier alpha value is -2.17. The molecule has 5 heteroatoms. The minimum absolute atomic E-state index is 0.122. The summed E-state index contributed by atoms with van der Waals surface area (Å²) in [4.78, 5) is 11.6. The molecule has 0 bridgehead atoms. The number of halogens is 1. The van der Waals surface area contributed by atoms with Gasteiger partial charge in [-0.1, -0.05) is 23.4 Å². The summed E-state index contributed by atoms with van der Waals surface area (Å²) in [6.45, 7) is 1.82. The molecule has 88 valence electrons. The van der Waals surface area contributed by atoms with Crippen LogP contribution in [-0.2, 0) is 6.54 Å². The first-order valence-corrected chi connectivity index (χ1v) is 5.12. The van der Waals surface area contributed by atoms with Gasteiger partial charge in [0.25, 0.3) is 5.91 Å². The molecule has 0 fully saturated rings. The molecule has 0 radical (unpaired) electrons. The molecule has 4 nitrogen and oxygen atoms in total. The Morgan fingerprint density at radius 1 is 1.47 bits per heavy atom. The highest BCUT2D eigenvalue weighted by Gasteiger charge is 2.11. The van der Waals surface area contributed by atoms with Crippen LogP contribution in [0.15, 0.2) is 34.9 Å². The molecule has 2 aromatic rings. The quantitative estimate of drug-likeness (QED) is 0.884. The number of rotatable bonds is 3. The number of nitrogens with zero attached hydrogens (tertiary/aromatic N) is 1. The molecule has 1 aromatic heterocycles. The van der Waals surface area contributed by atoms with Gasteiger partial charge in [0.05, 0.1) is 0 Å². The van der Waals surface area contributed by atoms with Crippen molar-refractivity contribution in [2.75, 3.05) is 0 Å². The predicted octanol–water partition coefficient (Wildman–Crippen LogP) is 2.05. The van der Waals surface area contributed by atoms with Crippen LogP contribution in [0.3, 0.4) is 0 Å². The van der Waals surface area contributed by atoms with Crippen LogP contribution in [0.4, 0.5) is 4.39 Å². The lowest BCUT2D eigenvalue weighted by atomic mass is 10.2. The molecule has 2 rings (SSSR count). The molecule has 0 saturated carbocycles. The minimum Gasteiger partial charge on any atom is -0.361 e. The average molecular weight is 234 g/mol. The molecule has 1 N–H and O–H groups in total. The molecule has 0 saturated heterocycles. The van der Waals surface area contributed by atoms with Gasteiger partial charge in [0.15, 0.2) is 5.69 Å². The predicted molar refractivity (Wildman–Crippen MR) is 58.8 cm³/mol. The topological polar surface area (TPSA) is 55.1 Å². The monoisotopic (exact) mass is 234 g/mol. The third-order valence-electron chi connectivity index (χ3n) is 2.26. The van der Waals surface area contributed by atoms with Crippen LogP contribution in [0.5, 0.6) is 0 Å². The first kappa shape index (κ1) is 11.3. The highest BCUT2D eigenvalue weighted by molar-refractivity contribution is 5.92. The largest absolute Gasteiger partial charge is 0.361 e. The van der Waals surface area contributed by atoms with Gasteiger partial charge in [-0.25, -0.2) is 4.39 Å². The highest BCUT2D eigenvalue weighted by Crippen LogP contribution is 2.06. The van der Waals surface area contributed by atoms with Crippen molar-refractivity contribution in [3.8, 4) is 0 Å². The maximum atomic E-state index is 13.3. The normalized spacial score (nSPS) is 10.2. The lowest BCUT2D eigenvalue weighted by Gasteiger charge is -2.03. The van der Waals surface area contributed by atoms with E-state index in [1.54, 1.807) is 25.1 Å². The lowest BCUT2D eigenvalue weighted by Crippen LogP contribution is -2.23. The van der Waals surface area contributed by atoms with Crippen LogP contribution in [0.25, 0.3) is 0 Å². The standard InChI is InChI=1S/C12H11FN2O2/c1-8-6-11(15-17-8)12(16)14-7-9-4-2-3-5-10(9)13/h2-6H,7H2,1H3,(H,14,16). The maximum absolute atomic E-state index is 13.3. The molecule has 17 heavy (non-hydrogen) atoms. The van der Waals surface area contributed by atoms with Crippen molar-refractivity contribution >= 4 is 5.91 Å². The average Bonchev–Trinajstić information content (AvgIpc) is 2.74. The summed E-state index contributed by atoms with van der Waals surface area (Å²) in [5, 5.41) is 6.14. The number of hydrogen-bond acceptors (Lipinski definition) is 3. The number of amides is 1. The van der Waals surface area contributed by atoms with Gasteiger partial charge >= 0.3 is 0 Å². The van der Waals surface area contributed by atoms with Crippen LogP contribution >= 0.6 is 0 Å². The molecular weight excluding hydrogens is 223 g/mol. The van der Waals surface area contributed by atoms with Gasteiger partial charge in [-0.2, -0.15) is 0 Å². The van der Waals surface area contributed by atoms with E-state index in [0.717, 1.165) is 0 Å². The number of hydrogen-bond donors (Lipinski definition) is 1. The third-order valence-corrected chi connectivity index (χ3v) is 2.26. The summed E-state index contributed by atoms with van der Waals surface area (Å²) in [7, 11) is 0. The minimum atomic E-state index is -0.384. The van der Waals surface area contributed by atoms with Gasteiger partial charge in [0.1, 0.15) is 11.6 Å². The molecule has 0 unspecified atom stereocenters. The fraction of sp³-hybridized carbons (Fsp3) is 0.167. The van der Waals surface area contributed by atoms with Crippen LogP contribution in [-0.4, -0.2) is 11.1 Å². The van der Waals surface area contributed by atoms with E-state index in [-0.39, 0.29) is 24.0 Å². The number of carbonyl (C=O) groups is 1. The van der Waals surface area contributed by atoms with Crippen LogP contribution in [0, 0.1) is 12.7 Å². The second-order valence-corrected chi connectivity index (χ2v) is 3.60. The molecular formula is C12H11FN2O2. The summed E-state index contributed by atoms with van der Waals surface area (Å²) >= 11 is 0. The molecule has 0 aliphatic heterocycles.